The molecular weight excluding hydrogens is 242 g/mol. The van der Waals surface area contributed by atoms with Crippen molar-refractivity contribution in [3.8, 4) is 0 Å². The number of hydrogen-bond donors (Lipinski definition) is 3. The second-order valence-corrected chi connectivity index (χ2v) is 6.48. The molecule has 3 amide bonds. The number of amides is 3. The monoisotopic (exact) mass is 269 g/mol. The molecule has 0 aromatic carbocycles. The third-order valence-corrected chi connectivity index (χ3v) is 4.11. The summed E-state index contributed by atoms with van der Waals surface area (Å²) in [5.41, 5.74) is 5.44. The molecule has 5 nitrogen and oxygen atoms in total. The molecule has 4 N–H and O–H groups in total. The molecule has 110 valence electrons. The first-order chi connectivity index (χ1) is 8.75. The average Bonchev–Trinajstić information content (AvgIpc) is 2.64. The second-order valence-electron chi connectivity index (χ2n) is 6.48. The van der Waals surface area contributed by atoms with Crippen molar-refractivity contribution in [1.29, 1.82) is 0 Å². The van der Waals surface area contributed by atoms with Crippen LogP contribution in [0.3, 0.4) is 0 Å². The van der Waals surface area contributed by atoms with Crippen LogP contribution in [0.4, 0.5) is 4.79 Å². The van der Waals surface area contributed by atoms with Gasteiger partial charge in [0.25, 0.3) is 0 Å². The summed E-state index contributed by atoms with van der Waals surface area (Å²) in [6, 6.07) is -0.970. The zero-order chi connectivity index (χ0) is 14.6. The standard InChI is InChI=1S/C14H27N3O2/c1-5-9(2)11(17-13(15)19)12(18)16-10-6-7-14(3,4)8-10/h9-11H,5-8H2,1-4H3,(H,16,18)(H3,15,17,19). The van der Waals surface area contributed by atoms with Gasteiger partial charge in [-0.15, -0.1) is 0 Å². The van der Waals surface area contributed by atoms with Crippen LogP contribution in [0.5, 0.6) is 0 Å². The Morgan fingerprint density at radius 2 is 2.05 bits per heavy atom. The van der Waals surface area contributed by atoms with Crippen LogP contribution in [0.2, 0.25) is 0 Å². The minimum atomic E-state index is -0.646. The molecule has 1 aliphatic carbocycles. The van der Waals surface area contributed by atoms with Gasteiger partial charge in [0, 0.05) is 6.04 Å². The average molecular weight is 269 g/mol. The Labute approximate surface area is 115 Å². The summed E-state index contributed by atoms with van der Waals surface area (Å²) in [6.07, 6.45) is 3.93. The summed E-state index contributed by atoms with van der Waals surface area (Å²) in [4.78, 5) is 23.3. The van der Waals surface area contributed by atoms with Crippen molar-refractivity contribution in [3.63, 3.8) is 0 Å². The molecule has 1 saturated carbocycles. The van der Waals surface area contributed by atoms with Crippen LogP contribution in [0.1, 0.15) is 53.4 Å². The largest absolute Gasteiger partial charge is 0.352 e. The van der Waals surface area contributed by atoms with E-state index in [-0.39, 0.29) is 17.9 Å². The van der Waals surface area contributed by atoms with E-state index in [1.807, 2.05) is 13.8 Å². The summed E-state index contributed by atoms with van der Waals surface area (Å²) in [7, 11) is 0. The van der Waals surface area contributed by atoms with E-state index in [4.69, 9.17) is 5.73 Å². The fourth-order valence-electron chi connectivity index (χ4n) is 2.71. The van der Waals surface area contributed by atoms with Gasteiger partial charge in [-0.1, -0.05) is 34.1 Å². The second kappa shape index (κ2) is 6.26. The van der Waals surface area contributed by atoms with Crippen molar-refractivity contribution in [1.82, 2.24) is 10.6 Å². The number of carbonyl (C=O) groups is 2. The third kappa shape index (κ3) is 4.73. The number of urea groups is 1. The van der Waals surface area contributed by atoms with Crippen molar-refractivity contribution in [3.05, 3.63) is 0 Å². The van der Waals surface area contributed by atoms with E-state index in [2.05, 4.69) is 24.5 Å². The van der Waals surface area contributed by atoms with E-state index in [9.17, 15) is 9.59 Å². The van der Waals surface area contributed by atoms with E-state index < -0.39 is 12.1 Å². The predicted octanol–water partition coefficient (Wildman–Crippen LogP) is 1.76. The van der Waals surface area contributed by atoms with E-state index in [1.165, 1.54) is 0 Å². The number of carbonyl (C=O) groups excluding carboxylic acids is 2. The van der Waals surface area contributed by atoms with Crippen molar-refractivity contribution in [2.24, 2.45) is 17.1 Å². The van der Waals surface area contributed by atoms with Crippen LogP contribution >= 0.6 is 0 Å². The van der Waals surface area contributed by atoms with Crippen LogP contribution < -0.4 is 16.4 Å². The summed E-state index contributed by atoms with van der Waals surface area (Å²) >= 11 is 0. The Morgan fingerprint density at radius 1 is 1.42 bits per heavy atom. The minimum absolute atomic E-state index is 0.0712. The maximum Gasteiger partial charge on any atom is 0.312 e. The van der Waals surface area contributed by atoms with Crippen molar-refractivity contribution >= 4 is 11.9 Å². The highest BCUT2D eigenvalue weighted by atomic mass is 16.2. The van der Waals surface area contributed by atoms with Gasteiger partial charge in [0.05, 0.1) is 0 Å². The van der Waals surface area contributed by atoms with Gasteiger partial charge in [-0.25, -0.2) is 4.79 Å². The first-order valence-electron chi connectivity index (χ1n) is 7.11. The van der Waals surface area contributed by atoms with E-state index in [0.29, 0.717) is 5.41 Å². The predicted molar refractivity (Wildman–Crippen MR) is 75.5 cm³/mol. The molecule has 0 heterocycles. The van der Waals surface area contributed by atoms with Crippen molar-refractivity contribution < 1.29 is 9.59 Å². The minimum Gasteiger partial charge on any atom is -0.352 e. The number of nitrogens with one attached hydrogen (secondary N) is 2. The van der Waals surface area contributed by atoms with Gasteiger partial charge in [-0.3, -0.25) is 4.79 Å². The Kier molecular flexibility index (Phi) is 5.20. The molecule has 1 aliphatic rings. The van der Waals surface area contributed by atoms with Crippen LogP contribution in [0, 0.1) is 11.3 Å². The number of nitrogens with two attached hydrogens (primary N) is 1. The molecule has 1 rings (SSSR count). The molecule has 3 unspecified atom stereocenters. The van der Waals surface area contributed by atoms with Gasteiger partial charge in [0.2, 0.25) is 5.91 Å². The quantitative estimate of drug-likeness (QED) is 0.710. The molecule has 5 heteroatoms. The third-order valence-electron chi connectivity index (χ3n) is 4.11. The lowest BCUT2D eigenvalue weighted by atomic mass is 9.91. The van der Waals surface area contributed by atoms with Gasteiger partial charge in [0.15, 0.2) is 0 Å². The summed E-state index contributed by atoms with van der Waals surface area (Å²) < 4.78 is 0. The number of rotatable bonds is 5. The van der Waals surface area contributed by atoms with E-state index in [1.54, 1.807) is 0 Å². The van der Waals surface area contributed by atoms with Crippen LogP contribution in [0.25, 0.3) is 0 Å². The Balaban J connectivity index is 2.59. The fourth-order valence-corrected chi connectivity index (χ4v) is 2.71. The van der Waals surface area contributed by atoms with Crippen LogP contribution in [0.15, 0.2) is 0 Å². The van der Waals surface area contributed by atoms with Gasteiger partial charge in [0.1, 0.15) is 6.04 Å². The molecule has 0 radical (unpaired) electrons. The normalized spacial score (nSPS) is 24.5. The summed E-state index contributed by atoms with van der Waals surface area (Å²) in [6.45, 7) is 8.37. The smallest absolute Gasteiger partial charge is 0.312 e. The zero-order valence-corrected chi connectivity index (χ0v) is 12.5. The molecule has 0 aliphatic heterocycles. The Hall–Kier alpha value is -1.26. The van der Waals surface area contributed by atoms with Crippen molar-refractivity contribution in [2.75, 3.05) is 0 Å². The zero-order valence-electron chi connectivity index (χ0n) is 12.5. The maximum atomic E-state index is 12.3. The SMILES string of the molecule is CCC(C)C(NC(N)=O)C(=O)NC1CCC(C)(C)C1. The topological polar surface area (TPSA) is 84.2 Å². The first-order valence-corrected chi connectivity index (χ1v) is 7.11. The molecule has 19 heavy (non-hydrogen) atoms. The van der Waals surface area contributed by atoms with E-state index in [0.717, 1.165) is 25.7 Å². The molecule has 1 fully saturated rings. The molecule has 0 saturated heterocycles. The Morgan fingerprint density at radius 3 is 2.47 bits per heavy atom. The molecular formula is C14H27N3O2. The van der Waals surface area contributed by atoms with E-state index >= 15 is 0 Å². The number of primary amides is 1. The molecule has 0 aromatic rings. The highest BCUT2D eigenvalue weighted by molar-refractivity contribution is 5.87. The summed E-state index contributed by atoms with van der Waals surface area (Å²) in [5.74, 6) is -0.0437. The molecule has 3 atom stereocenters. The molecule has 0 bridgehead atoms. The molecule has 0 aromatic heterocycles. The van der Waals surface area contributed by atoms with Gasteiger partial charge >= 0.3 is 6.03 Å². The lowest BCUT2D eigenvalue weighted by Crippen LogP contribution is -2.53. The number of hydrogen-bond acceptors (Lipinski definition) is 2. The Bertz CT molecular complexity index is 342. The van der Waals surface area contributed by atoms with Crippen LogP contribution in [-0.2, 0) is 4.79 Å². The fraction of sp³-hybridized carbons (Fsp3) is 0.857. The summed E-state index contributed by atoms with van der Waals surface area (Å²) in [5, 5.41) is 5.60. The van der Waals surface area contributed by atoms with Crippen LogP contribution in [-0.4, -0.2) is 24.0 Å². The highest BCUT2D eigenvalue weighted by Gasteiger charge is 2.34. The lowest BCUT2D eigenvalue weighted by molar-refractivity contribution is -0.124. The maximum absolute atomic E-state index is 12.3. The lowest BCUT2D eigenvalue weighted by Gasteiger charge is -2.25. The van der Waals surface area contributed by atoms with Gasteiger partial charge in [-0.05, 0) is 30.6 Å². The molecule has 0 spiro atoms. The van der Waals surface area contributed by atoms with Gasteiger partial charge < -0.3 is 16.4 Å². The van der Waals surface area contributed by atoms with Gasteiger partial charge in [-0.2, -0.15) is 0 Å². The van der Waals surface area contributed by atoms with Crippen molar-refractivity contribution in [2.45, 2.75) is 65.5 Å². The first kappa shape index (κ1) is 15.8. The highest BCUT2D eigenvalue weighted by Crippen LogP contribution is 2.36.